The first-order valence-corrected chi connectivity index (χ1v) is 9.43. The van der Waals surface area contributed by atoms with Crippen molar-refractivity contribution in [1.82, 2.24) is 4.90 Å². The number of hydrogen-bond acceptors (Lipinski definition) is 4. The summed E-state index contributed by atoms with van der Waals surface area (Å²) in [7, 11) is 3.29. The van der Waals surface area contributed by atoms with E-state index in [1.54, 1.807) is 14.2 Å². The maximum Gasteiger partial charge on any atom is 0.254 e. The maximum atomic E-state index is 13.3. The van der Waals surface area contributed by atoms with Gasteiger partial charge in [0.1, 0.15) is 23.4 Å². The summed E-state index contributed by atoms with van der Waals surface area (Å²) < 4.78 is 16.6. The topological polar surface area (TPSA) is 48.0 Å². The molecule has 2 atom stereocenters. The first-order valence-electron chi connectivity index (χ1n) is 9.43. The van der Waals surface area contributed by atoms with Crippen LogP contribution in [0.15, 0.2) is 36.4 Å². The summed E-state index contributed by atoms with van der Waals surface area (Å²) in [6, 6.07) is 11.6. The summed E-state index contributed by atoms with van der Waals surface area (Å²) in [4.78, 5) is 15.2. The predicted molar refractivity (Wildman–Crippen MR) is 103 cm³/mol. The molecule has 0 unspecified atom stereocenters. The number of rotatable bonds is 4. The van der Waals surface area contributed by atoms with Crippen molar-refractivity contribution in [2.24, 2.45) is 0 Å². The number of ether oxygens (including phenoxy) is 3. The third kappa shape index (κ3) is 3.22. The van der Waals surface area contributed by atoms with Crippen LogP contribution in [-0.2, 0) is 6.42 Å². The van der Waals surface area contributed by atoms with Crippen LogP contribution in [-0.4, -0.2) is 37.7 Å². The van der Waals surface area contributed by atoms with E-state index in [1.807, 2.05) is 48.2 Å². The number of nitrogens with zero attached hydrogens (tertiary/aromatic N) is 1. The van der Waals surface area contributed by atoms with Gasteiger partial charge in [0.15, 0.2) is 0 Å². The highest BCUT2D eigenvalue weighted by Gasteiger charge is 2.33. The van der Waals surface area contributed by atoms with Gasteiger partial charge in [0.2, 0.25) is 0 Å². The van der Waals surface area contributed by atoms with Crippen LogP contribution < -0.4 is 14.2 Å². The van der Waals surface area contributed by atoms with Gasteiger partial charge in [-0.25, -0.2) is 0 Å². The number of methoxy groups -OCH3 is 2. The molecular weight excluding hydrogens is 342 g/mol. The summed E-state index contributed by atoms with van der Waals surface area (Å²) >= 11 is 0. The number of likely N-dealkylation sites (tertiary alicyclic amines) is 1. The summed E-state index contributed by atoms with van der Waals surface area (Å²) in [5.74, 6) is 2.47. The fourth-order valence-corrected chi connectivity index (χ4v) is 4.15. The molecule has 2 heterocycles. The van der Waals surface area contributed by atoms with E-state index in [1.165, 1.54) is 0 Å². The molecule has 0 bridgehead atoms. The van der Waals surface area contributed by atoms with Crippen molar-refractivity contribution in [2.45, 2.75) is 38.3 Å². The average Bonchev–Trinajstić information content (AvgIpc) is 3.31. The molecular formula is C22H25NO4. The highest BCUT2D eigenvalue weighted by Crippen LogP contribution is 2.40. The van der Waals surface area contributed by atoms with Crippen molar-refractivity contribution in [2.75, 3.05) is 20.8 Å². The Bertz CT molecular complexity index is 863. The largest absolute Gasteiger partial charge is 0.497 e. The first-order chi connectivity index (χ1) is 13.1. The number of fused-ring (bicyclic) bond motifs is 1. The lowest BCUT2D eigenvalue weighted by Crippen LogP contribution is -2.30. The van der Waals surface area contributed by atoms with Gasteiger partial charge < -0.3 is 19.1 Å². The smallest absolute Gasteiger partial charge is 0.254 e. The van der Waals surface area contributed by atoms with Crippen molar-refractivity contribution < 1.29 is 19.0 Å². The second-order valence-corrected chi connectivity index (χ2v) is 7.22. The number of benzene rings is 2. The normalized spacial score (nSPS) is 20.9. The summed E-state index contributed by atoms with van der Waals surface area (Å²) in [5, 5.41) is 0. The molecule has 1 amide bonds. The zero-order valence-electron chi connectivity index (χ0n) is 16.0. The Labute approximate surface area is 159 Å². The number of carbonyl (C=O) groups is 1. The van der Waals surface area contributed by atoms with E-state index in [0.717, 1.165) is 59.7 Å². The third-order valence-electron chi connectivity index (χ3n) is 5.46. The number of amides is 1. The van der Waals surface area contributed by atoms with Gasteiger partial charge >= 0.3 is 0 Å². The Kier molecular flexibility index (Phi) is 4.68. The van der Waals surface area contributed by atoms with Gasteiger partial charge in [0.25, 0.3) is 5.91 Å². The Morgan fingerprint density at radius 2 is 2.00 bits per heavy atom. The van der Waals surface area contributed by atoms with E-state index >= 15 is 0 Å². The minimum atomic E-state index is 0.0155. The zero-order valence-corrected chi connectivity index (χ0v) is 16.0. The summed E-state index contributed by atoms with van der Waals surface area (Å²) in [6.45, 7) is 2.80. The molecule has 2 aromatic rings. The van der Waals surface area contributed by atoms with E-state index in [-0.39, 0.29) is 18.1 Å². The highest BCUT2D eigenvalue weighted by atomic mass is 16.5. The van der Waals surface area contributed by atoms with Crippen molar-refractivity contribution in [3.8, 4) is 17.2 Å². The van der Waals surface area contributed by atoms with Crippen LogP contribution in [0.3, 0.4) is 0 Å². The standard InChI is InChI=1S/C22H25NO4/c1-14-11-16-12-15(6-9-20(16)27-14)22(24)23-10-4-5-19(23)18-8-7-17(25-2)13-21(18)26-3/h6-9,12-14,19H,4-5,10-11H2,1-3H3/t14-,19+/m1/s1. The fourth-order valence-electron chi connectivity index (χ4n) is 4.15. The molecule has 2 aliphatic heterocycles. The van der Waals surface area contributed by atoms with Crippen LogP contribution in [0, 0.1) is 0 Å². The molecule has 5 heteroatoms. The van der Waals surface area contributed by atoms with Crippen LogP contribution >= 0.6 is 0 Å². The average molecular weight is 367 g/mol. The van der Waals surface area contributed by atoms with Gasteiger partial charge in [-0.2, -0.15) is 0 Å². The van der Waals surface area contributed by atoms with E-state index in [0.29, 0.717) is 0 Å². The molecule has 0 radical (unpaired) electrons. The van der Waals surface area contributed by atoms with Crippen LogP contribution in [0.25, 0.3) is 0 Å². The van der Waals surface area contributed by atoms with Crippen molar-refractivity contribution in [1.29, 1.82) is 0 Å². The second kappa shape index (κ2) is 7.14. The molecule has 5 nitrogen and oxygen atoms in total. The van der Waals surface area contributed by atoms with Gasteiger partial charge in [-0.3, -0.25) is 4.79 Å². The molecule has 1 fully saturated rings. The monoisotopic (exact) mass is 367 g/mol. The lowest BCUT2D eigenvalue weighted by Gasteiger charge is -2.27. The lowest BCUT2D eigenvalue weighted by molar-refractivity contribution is 0.0734. The third-order valence-corrected chi connectivity index (χ3v) is 5.46. The van der Waals surface area contributed by atoms with E-state index < -0.39 is 0 Å². The summed E-state index contributed by atoms with van der Waals surface area (Å²) in [6.07, 6.45) is 2.94. The SMILES string of the molecule is COc1ccc([C@@H]2CCCN2C(=O)c2ccc3c(c2)C[C@@H](C)O3)c(OC)c1. The Morgan fingerprint density at radius 3 is 2.78 bits per heavy atom. The molecule has 0 spiro atoms. The van der Waals surface area contributed by atoms with E-state index in [9.17, 15) is 4.79 Å². The first kappa shape index (κ1) is 17.7. The van der Waals surface area contributed by atoms with Gasteiger partial charge in [0.05, 0.1) is 20.3 Å². The Morgan fingerprint density at radius 1 is 1.15 bits per heavy atom. The highest BCUT2D eigenvalue weighted by molar-refractivity contribution is 5.95. The Hall–Kier alpha value is -2.69. The second-order valence-electron chi connectivity index (χ2n) is 7.22. The van der Waals surface area contributed by atoms with Gasteiger partial charge in [-0.05, 0) is 55.7 Å². The van der Waals surface area contributed by atoms with Crippen LogP contribution in [0.5, 0.6) is 17.2 Å². The quantitative estimate of drug-likeness (QED) is 0.819. The molecule has 0 aromatic heterocycles. The minimum Gasteiger partial charge on any atom is -0.497 e. The van der Waals surface area contributed by atoms with Crippen molar-refractivity contribution in [3.05, 3.63) is 53.1 Å². The van der Waals surface area contributed by atoms with E-state index in [4.69, 9.17) is 14.2 Å². The predicted octanol–water partition coefficient (Wildman–Crippen LogP) is 4.00. The van der Waals surface area contributed by atoms with Crippen LogP contribution in [0.4, 0.5) is 0 Å². The molecule has 2 aromatic carbocycles. The molecule has 142 valence electrons. The van der Waals surface area contributed by atoms with Gasteiger partial charge in [0, 0.05) is 30.2 Å². The molecule has 0 saturated carbocycles. The number of carbonyl (C=O) groups excluding carboxylic acids is 1. The van der Waals surface area contributed by atoms with Gasteiger partial charge in [-0.1, -0.05) is 0 Å². The van der Waals surface area contributed by atoms with Crippen molar-refractivity contribution in [3.63, 3.8) is 0 Å². The van der Waals surface area contributed by atoms with E-state index in [2.05, 4.69) is 0 Å². The van der Waals surface area contributed by atoms with Gasteiger partial charge in [-0.15, -0.1) is 0 Å². The molecule has 0 aliphatic carbocycles. The van der Waals surface area contributed by atoms with Crippen molar-refractivity contribution >= 4 is 5.91 Å². The zero-order chi connectivity index (χ0) is 19.0. The molecule has 1 saturated heterocycles. The fraction of sp³-hybridized carbons (Fsp3) is 0.409. The maximum absolute atomic E-state index is 13.3. The molecule has 27 heavy (non-hydrogen) atoms. The lowest BCUT2D eigenvalue weighted by atomic mass is 10.0. The number of hydrogen-bond donors (Lipinski definition) is 0. The molecule has 2 aliphatic rings. The molecule has 4 rings (SSSR count). The Balaban J connectivity index is 1.62. The van der Waals surface area contributed by atoms with Crippen LogP contribution in [0.2, 0.25) is 0 Å². The molecule has 0 N–H and O–H groups in total. The summed E-state index contributed by atoms with van der Waals surface area (Å²) in [5.41, 5.74) is 2.87. The van der Waals surface area contributed by atoms with Crippen LogP contribution in [0.1, 0.15) is 47.3 Å². The minimum absolute atomic E-state index is 0.0155.